The van der Waals surface area contributed by atoms with Gasteiger partial charge >= 0.3 is 0 Å². The number of carbonyl (C=O) groups excluding carboxylic acids is 1. The summed E-state index contributed by atoms with van der Waals surface area (Å²) in [5.41, 5.74) is 2.12. The first-order valence-electron chi connectivity index (χ1n) is 9.04. The van der Waals surface area contributed by atoms with Crippen molar-refractivity contribution in [2.75, 3.05) is 5.75 Å². The van der Waals surface area contributed by atoms with Crippen molar-refractivity contribution in [3.63, 3.8) is 0 Å². The van der Waals surface area contributed by atoms with Gasteiger partial charge in [0, 0.05) is 6.04 Å². The second-order valence-corrected chi connectivity index (χ2v) is 9.91. The summed E-state index contributed by atoms with van der Waals surface area (Å²) in [4.78, 5) is 12.4. The Morgan fingerprint density at radius 3 is 2.92 bits per heavy atom. The Morgan fingerprint density at radius 2 is 2.15 bits per heavy atom. The molecule has 0 saturated heterocycles. The standard InChI is InChI=1S/C19H25N3OS3/c1-12-8-6-9-15(14(12)3)20-17(23)11-25-18-21-22(19(24)26-18)16-10-5-4-7-13(16)2/h4-5,7,10,12,14-15H,6,8-9,11H2,1-3H3,(H,20,23)/t12-,14-,15-/m0/s1. The molecule has 7 heteroatoms. The van der Waals surface area contributed by atoms with E-state index >= 15 is 0 Å². The second kappa shape index (κ2) is 8.67. The molecule has 1 saturated carbocycles. The normalized spacial score (nSPS) is 23.0. The fraction of sp³-hybridized carbons (Fsp3) is 0.526. The fourth-order valence-electron chi connectivity index (χ4n) is 3.43. The third-order valence-electron chi connectivity index (χ3n) is 5.25. The van der Waals surface area contributed by atoms with Crippen LogP contribution in [0.2, 0.25) is 0 Å². The number of hydrogen-bond acceptors (Lipinski definition) is 5. The van der Waals surface area contributed by atoms with Crippen molar-refractivity contribution in [1.29, 1.82) is 0 Å². The van der Waals surface area contributed by atoms with Crippen molar-refractivity contribution in [3.05, 3.63) is 33.8 Å². The lowest BCUT2D eigenvalue weighted by molar-refractivity contribution is -0.119. The molecular formula is C19H25N3OS3. The first-order valence-corrected chi connectivity index (χ1v) is 11.2. The third kappa shape index (κ3) is 4.56. The lowest BCUT2D eigenvalue weighted by Crippen LogP contribution is -2.44. The molecule has 140 valence electrons. The van der Waals surface area contributed by atoms with Crippen molar-refractivity contribution in [2.24, 2.45) is 11.8 Å². The summed E-state index contributed by atoms with van der Waals surface area (Å²) in [6.07, 6.45) is 3.55. The summed E-state index contributed by atoms with van der Waals surface area (Å²) < 4.78 is 3.33. The highest BCUT2D eigenvalue weighted by molar-refractivity contribution is 8.01. The van der Waals surface area contributed by atoms with Crippen LogP contribution in [-0.2, 0) is 4.79 Å². The molecule has 1 fully saturated rings. The molecule has 0 bridgehead atoms. The summed E-state index contributed by atoms with van der Waals surface area (Å²) in [5, 5.41) is 7.82. The Morgan fingerprint density at radius 1 is 1.38 bits per heavy atom. The molecule has 26 heavy (non-hydrogen) atoms. The molecule has 1 heterocycles. The van der Waals surface area contributed by atoms with Crippen LogP contribution in [0.1, 0.15) is 38.7 Å². The van der Waals surface area contributed by atoms with E-state index in [1.54, 1.807) is 4.68 Å². The molecular weight excluding hydrogens is 382 g/mol. The number of hydrogen-bond donors (Lipinski definition) is 1. The fourth-order valence-corrected chi connectivity index (χ4v) is 5.59. The molecule has 0 spiro atoms. The number of carbonyl (C=O) groups is 1. The van der Waals surface area contributed by atoms with Gasteiger partial charge in [0.05, 0.1) is 11.4 Å². The minimum atomic E-state index is 0.0875. The minimum Gasteiger partial charge on any atom is -0.352 e. The number of nitrogens with one attached hydrogen (secondary N) is 1. The van der Waals surface area contributed by atoms with Crippen molar-refractivity contribution in [2.45, 2.75) is 50.4 Å². The van der Waals surface area contributed by atoms with Gasteiger partial charge in [0.2, 0.25) is 5.91 Å². The first kappa shape index (κ1) is 19.6. The maximum Gasteiger partial charge on any atom is 0.230 e. The maximum atomic E-state index is 12.4. The van der Waals surface area contributed by atoms with Crippen LogP contribution in [0.15, 0.2) is 28.6 Å². The molecule has 1 aromatic carbocycles. The average molecular weight is 408 g/mol. The zero-order chi connectivity index (χ0) is 18.7. The Kier molecular flexibility index (Phi) is 6.53. The molecule has 0 radical (unpaired) electrons. The van der Waals surface area contributed by atoms with Crippen LogP contribution < -0.4 is 5.32 Å². The summed E-state index contributed by atoms with van der Waals surface area (Å²) in [6.45, 7) is 6.57. The number of thioether (sulfide) groups is 1. The number of rotatable bonds is 5. The van der Waals surface area contributed by atoms with Crippen LogP contribution in [0.3, 0.4) is 0 Å². The topological polar surface area (TPSA) is 46.9 Å². The van der Waals surface area contributed by atoms with Gasteiger partial charge in [0.15, 0.2) is 8.29 Å². The van der Waals surface area contributed by atoms with E-state index in [4.69, 9.17) is 12.2 Å². The zero-order valence-corrected chi connectivity index (χ0v) is 17.8. The van der Waals surface area contributed by atoms with E-state index in [9.17, 15) is 4.79 Å². The van der Waals surface area contributed by atoms with Crippen molar-refractivity contribution >= 4 is 41.2 Å². The van der Waals surface area contributed by atoms with Crippen molar-refractivity contribution in [1.82, 2.24) is 15.1 Å². The summed E-state index contributed by atoms with van der Waals surface area (Å²) in [6, 6.07) is 8.34. The molecule has 1 N–H and O–H groups in total. The number of aryl methyl sites for hydroxylation is 1. The van der Waals surface area contributed by atoms with E-state index in [2.05, 4.69) is 24.3 Å². The first-order chi connectivity index (χ1) is 12.5. The van der Waals surface area contributed by atoms with Crippen LogP contribution in [0.25, 0.3) is 5.69 Å². The Hall–Kier alpha value is -1.18. The van der Waals surface area contributed by atoms with Crippen LogP contribution in [0, 0.1) is 22.7 Å². The predicted molar refractivity (Wildman–Crippen MR) is 112 cm³/mol. The lowest BCUT2D eigenvalue weighted by atomic mass is 9.78. The summed E-state index contributed by atoms with van der Waals surface area (Å²) in [5.74, 6) is 1.69. The van der Waals surface area contributed by atoms with Crippen LogP contribution >= 0.6 is 35.3 Å². The quantitative estimate of drug-likeness (QED) is 0.559. The molecule has 2 aromatic rings. The Bertz CT molecular complexity index is 829. The van der Waals surface area contributed by atoms with E-state index in [1.165, 1.54) is 35.9 Å². The summed E-state index contributed by atoms with van der Waals surface area (Å²) in [7, 11) is 0. The number of benzene rings is 1. The molecule has 1 aliphatic rings. The number of aromatic nitrogens is 2. The minimum absolute atomic E-state index is 0.0875. The van der Waals surface area contributed by atoms with Gasteiger partial charge in [-0.25, -0.2) is 4.68 Å². The van der Waals surface area contributed by atoms with Gasteiger partial charge in [-0.15, -0.1) is 5.10 Å². The molecule has 4 nitrogen and oxygen atoms in total. The molecule has 1 aliphatic carbocycles. The van der Waals surface area contributed by atoms with E-state index < -0.39 is 0 Å². The zero-order valence-electron chi connectivity index (χ0n) is 15.4. The van der Waals surface area contributed by atoms with Crippen molar-refractivity contribution < 1.29 is 4.79 Å². The number of amides is 1. The van der Waals surface area contributed by atoms with E-state index in [-0.39, 0.29) is 5.91 Å². The van der Waals surface area contributed by atoms with Gasteiger partial charge in [0.1, 0.15) is 0 Å². The van der Waals surface area contributed by atoms with E-state index in [1.807, 2.05) is 31.2 Å². The van der Waals surface area contributed by atoms with Gasteiger partial charge in [0.25, 0.3) is 0 Å². The number of para-hydroxylation sites is 1. The molecule has 3 rings (SSSR count). The maximum absolute atomic E-state index is 12.4. The van der Waals surface area contributed by atoms with Gasteiger partial charge in [-0.3, -0.25) is 4.79 Å². The molecule has 0 unspecified atom stereocenters. The monoisotopic (exact) mass is 407 g/mol. The molecule has 3 atom stereocenters. The van der Waals surface area contributed by atoms with Gasteiger partial charge in [-0.2, -0.15) is 0 Å². The molecule has 1 aromatic heterocycles. The highest BCUT2D eigenvalue weighted by atomic mass is 32.2. The van der Waals surface area contributed by atoms with Gasteiger partial charge < -0.3 is 5.32 Å². The Labute approximate surface area is 168 Å². The van der Waals surface area contributed by atoms with E-state index in [0.717, 1.165) is 22.0 Å². The highest BCUT2D eigenvalue weighted by Gasteiger charge is 2.28. The molecule has 0 aliphatic heterocycles. The Balaban J connectivity index is 1.60. The smallest absolute Gasteiger partial charge is 0.230 e. The number of nitrogens with zero attached hydrogens (tertiary/aromatic N) is 2. The van der Waals surface area contributed by atoms with Crippen LogP contribution in [0.4, 0.5) is 0 Å². The van der Waals surface area contributed by atoms with Crippen LogP contribution in [-0.4, -0.2) is 27.5 Å². The van der Waals surface area contributed by atoms with Crippen LogP contribution in [0.5, 0.6) is 0 Å². The van der Waals surface area contributed by atoms with Gasteiger partial charge in [-0.1, -0.05) is 68.0 Å². The highest BCUT2D eigenvalue weighted by Crippen LogP contribution is 2.30. The SMILES string of the molecule is Cc1ccccc1-n1nc(SCC(=O)N[C@H]2CCC[C@H](C)[C@@H]2C)sc1=S. The van der Waals surface area contributed by atoms with Gasteiger partial charge in [-0.05, 0) is 49.0 Å². The molecule has 1 amide bonds. The van der Waals surface area contributed by atoms with Crippen molar-refractivity contribution in [3.8, 4) is 5.69 Å². The largest absolute Gasteiger partial charge is 0.352 e. The predicted octanol–water partition coefficient (Wildman–Crippen LogP) is 5.00. The third-order valence-corrected chi connectivity index (χ3v) is 7.62. The lowest BCUT2D eigenvalue weighted by Gasteiger charge is -2.34. The average Bonchev–Trinajstić information content (AvgIpc) is 2.98. The van der Waals surface area contributed by atoms with E-state index in [0.29, 0.717) is 27.6 Å². The second-order valence-electron chi connectivity index (χ2n) is 7.06. The summed E-state index contributed by atoms with van der Waals surface area (Å²) >= 11 is 8.38.